The molecular weight excluding hydrogens is 288 g/mol. The maximum Gasteiger partial charge on any atom is 0.0318 e. The van der Waals surface area contributed by atoms with Crippen LogP contribution in [0.5, 0.6) is 0 Å². The van der Waals surface area contributed by atoms with Crippen LogP contribution in [0.3, 0.4) is 0 Å². The van der Waals surface area contributed by atoms with Gasteiger partial charge in [0.05, 0.1) is 0 Å². The van der Waals surface area contributed by atoms with Gasteiger partial charge in [-0.3, -0.25) is 0 Å². The van der Waals surface area contributed by atoms with E-state index in [1.165, 1.54) is 37.8 Å². The lowest BCUT2D eigenvalue weighted by Gasteiger charge is -2.16. The van der Waals surface area contributed by atoms with Gasteiger partial charge in [0.25, 0.3) is 0 Å². The summed E-state index contributed by atoms with van der Waals surface area (Å²) in [6, 6.07) is 6.02. The van der Waals surface area contributed by atoms with E-state index >= 15 is 0 Å². The van der Waals surface area contributed by atoms with Gasteiger partial charge in [-0.1, -0.05) is 15.9 Å². The van der Waals surface area contributed by atoms with Crippen molar-refractivity contribution in [2.45, 2.75) is 32.2 Å². The molecule has 0 atom stereocenters. The standard InChI is InChI=1S/C15H21BrN2/c16-15-6-5-13(17)7-12(15)8-18-9-14(10-1-2-10)11-3-4-11/h5-7,10-11,14,18H,1-4,8-9,17H2. The summed E-state index contributed by atoms with van der Waals surface area (Å²) < 4.78 is 1.15. The van der Waals surface area contributed by atoms with Crippen molar-refractivity contribution in [3.05, 3.63) is 28.2 Å². The van der Waals surface area contributed by atoms with E-state index in [1.54, 1.807) is 0 Å². The van der Waals surface area contributed by atoms with Gasteiger partial charge in [-0.25, -0.2) is 0 Å². The third-order valence-corrected chi connectivity index (χ3v) is 4.99. The molecule has 0 aliphatic heterocycles. The van der Waals surface area contributed by atoms with E-state index in [1.807, 2.05) is 12.1 Å². The number of hydrogen-bond donors (Lipinski definition) is 2. The SMILES string of the molecule is Nc1ccc(Br)c(CNCC(C2CC2)C2CC2)c1. The number of hydrogen-bond acceptors (Lipinski definition) is 2. The van der Waals surface area contributed by atoms with Gasteiger partial charge in [-0.05, 0) is 73.7 Å². The number of halogens is 1. The molecule has 2 aliphatic carbocycles. The highest BCUT2D eigenvalue weighted by atomic mass is 79.9. The lowest BCUT2D eigenvalue weighted by Crippen LogP contribution is -2.25. The molecule has 0 spiro atoms. The molecule has 2 aliphatic rings. The van der Waals surface area contributed by atoms with Crippen LogP contribution in [0, 0.1) is 17.8 Å². The second-order valence-electron chi connectivity index (χ2n) is 5.82. The molecule has 0 saturated heterocycles. The summed E-state index contributed by atoms with van der Waals surface area (Å²) in [5.74, 6) is 2.98. The number of rotatable bonds is 6. The number of anilines is 1. The van der Waals surface area contributed by atoms with Crippen molar-refractivity contribution in [1.82, 2.24) is 5.32 Å². The Bertz CT molecular complexity index is 413. The summed E-state index contributed by atoms with van der Waals surface area (Å²) in [6.07, 6.45) is 5.85. The Morgan fingerprint density at radius 3 is 2.50 bits per heavy atom. The maximum atomic E-state index is 5.83. The molecule has 0 heterocycles. The average molecular weight is 309 g/mol. The van der Waals surface area contributed by atoms with Crippen LogP contribution >= 0.6 is 15.9 Å². The Morgan fingerprint density at radius 2 is 1.89 bits per heavy atom. The van der Waals surface area contributed by atoms with E-state index in [0.717, 1.165) is 34.5 Å². The van der Waals surface area contributed by atoms with Crippen LogP contribution in [0.2, 0.25) is 0 Å². The van der Waals surface area contributed by atoms with Gasteiger partial charge in [0.2, 0.25) is 0 Å². The first-order valence-electron chi connectivity index (χ1n) is 6.98. The molecule has 0 unspecified atom stereocenters. The normalized spacial score (nSPS) is 19.4. The molecule has 98 valence electrons. The van der Waals surface area contributed by atoms with Gasteiger partial charge in [0, 0.05) is 16.7 Å². The first-order valence-corrected chi connectivity index (χ1v) is 7.78. The molecule has 2 nitrogen and oxygen atoms in total. The second-order valence-corrected chi connectivity index (χ2v) is 6.67. The van der Waals surface area contributed by atoms with Gasteiger partial charge >= 0.3 is 0 Å². The van der Waals surface area contributed by atoms with E-state index in [9.17, 15) is 0 Å². The largest absolute Gasteiger partial charge is 0.399 e. The Morgan fingerprint density at radius 1 is 1.22 bits per heavy atom. The molecule has 1 aromatic carbocycles. The molecule has 0 bridgehead atoms. The zero-order valence-corrected chi connectivity index (χ0v) is 12.2. The summed E-state index contributed by atoms with van der Waals surface area (Å²) >= 11 is 3.58. The minimum atomic E-state index is 0.843. The average Bonchev–Trinajstić information content (AvgIpc) is 3.22. The molecule has 3 heteroatoms. The minimum Gasteiger partial charge on any atom is -0.399 e. The minimum absolute atomic E-state index is 0.843. The monoisotopic (exact) mass is 308 g/mol. The quantitative estimate of drug-likeness (QED) is 0.789. The Labute approximate surface area is 117 Å². The predicted octanol–water partition coefficient (Wildman–Crippen LogP) is 3.56. The summed E-state index contributed by atoms with van der Waals surface area (Å²) in [5, 5.41) is 3.63. The van der Waals surface area contributed by atoms with Crippen molar-refractivity contribution in [2.24, 2.45) is 17.8 Å². The van der Waals surface area contributed by atoms with Gasteiger partial charge < -0.3 is 11.1 Å². The zero-order chi connectivity index (χ0) is 12.5. The molecule has 2 saturated carbocycles. The molecule has 0 aromatic heterocycles. The van der Waals surface area contributed by atoms with Crippen molar-refractivity contribution in [3.8, 4) is 0 Å². The van der Waals surface area contributed by atoms with Gasteiger partial charge in [-0.15, -0.1) is 0 Å². The van der Waals surface area contributed by atoms with Crippen LogP contribution < -0.4 is 11.1 Å². The van der Waals surface area contributed by atoms with E-state index < -0.39 is 0 Å². The maximum absolute atomic E-state index is 5.83. The van der Waals surface area contributed by atoms with Crippen LogP contribution in [0.15, 0.2) is 22.7 Å². The van der Waals surface area contributed by atoms with Crippen LogP contribution in [0.1, 0.15) is 31.2 Å². The number of benzene rings is 1. The van der Waals surface area contributed by atoms with E-state index in [0.29, 0.717) is 0 Å². The van der Waals surface area contributed by atoms with Crippen LogP contribution in [0.4, 0.5) is 5.69 Å². The Kier molecular flexibility index (Phi) is 3.62. The highest BCUT2D eigenvalue weighted by Crippen LogP contribution is 2.48. The van der Waals surface area contributed by atoms with Crippen molar-refractivity contribution in [3.63, 3.8) is 0 Å². The predicted molar refractivity (Wildman–Crippen MR) is 79.2 cm³/mol. The highest BCUT2D eigenvalue weighted by molar-refractivity contribution is 9.10. The molecule has 0 radical (unpaired) electrons. The van der Waals surface area contributed by atoms with E-state index in [4.69, 9.17) is 5.73 Å². The van der Waals surface area contributed by atoms with E-state index in [-0.39, 0.29) is 0 Å². The molecule has 18 heavy (non-hydrogen) atoms. The Balaban J connectivity index is 1.52. The molecule has 3 rings (SSSR count). The summed E-state index contributed by atoms with van der Waals surface area (Å²) in [7, 11) is 0. The zero-order valence-electron chi connectivity index (χ0n) is 10.7. The highest BCUT2D eigenvalue weighted by Gasteiger charge is 2.40. The topological polar surface area (TPSA) is 38.0 Å². The fraction of sp³-hybridized carbons (Fsp3) is 0.600. The van der Waals surface area contributed by atoms with Gasteiger partial charge in [-0.2, -0.15) is 0 Å². The second kappa shape index (κ2) is 5.22. The fourth-order valence-corrected chi connectivity index (χ4v) is 3.26. The van der Waals surface area contributed by atoms with Crippen LogP contribution in [-0.4, -0.2) is 6.54 Å². The molecule has 0 amide bonds. The van der Waals surface area contributed by atoms with Crippen molar-refractivity contribution < 1.29 is 0 Å². The first-order chi connectivity index (χ1) is 8.74. The van der Waals surface area contributed by atoms with Gasteiger partial charge in [0.15, 0.2) is 0 Å². The third kappa shape index (κ3) is 3.07. The van der Waals surface area contributed by atoms with E-state index in [2.05, 4.69) is 27.3 Å². The molecular formula is C15H21BrN2. The summed E-state index contributed by atoms with van der Waals surface area (Å²) in [5.41, 5.74) is 7.93. The third-order valence-electron chi connectivity index (χ3n) is 4.22. The molecule has 2 fully saturated rings. The van der Waals surface area contributed by atoms with Crippen molar-refractivity contribution in [1.29, 1.82) is 0 Å². The lowest BCUT2D eigenvalue weighted by molar-refractivity contribution is 0.378. The van der Waals surface area contributed by atoms with Crippen LogP contribution in [0.25, 0.3) is 0 Å². The number of nitrogen functional groups attached to an aromatic ring is 1. The summed E-state index contributed by atoms with van der Waals surface area (Å²) in [4.78, 5) is 0. The first kappa shape index (κ1) is 12.5. The fourth-order valence-electron chi connectivity index (χ4n) is 2.87. The number of nitrogens with two attached hydrogens (primary N) is 1. The Hall–Kier alpha value is -0.540. The van der Waals surface area contributed by atoms with Crippen molar-refractivity contribution >= 4 is 21.6 Å². The van der Waals surface area contributed by atoms with Crippen LogP contribution in [-0.2, 0) is 6.54 Å². The van der Waals surface area contributed by atoms with Gasteiger partial charge in [0.1, 0.15) is 0 Å². The smallest absolute Gasteiger partial charge is 0.0318 e. The molecule has 3 N–H and O–H groups in total. The number of nitrogens with one attached hydrogen (secondary N) is 1. The van der Waals surface area contributed by atoms with Crippen molar-refractivity contribution in [2.75, 3.05) is 12.3 Å². The lowest BCUT2D eigenvalue weighted by atomic mass is 9.98. The molecule has 1 aromatic rings. The summed E-state index contributed by atoms with van der Waals surface area (Å²) in [6.45, 7) is 2.10.